The minimum Gasteiger partial charge on any atom is -0.306 e. The molecule has 1 aromatic rings. The summed E-state index contributed by atoms with van der Waals surface area (Å²) in [5.74, 6) is 0. The van der Waals surface area contributed by atoms with E-state index in [1.807, 2.05) is 11.3 Å². The van der Waals surface area contributed by atoms with Crippen molar-refractivity contribution in [3.63, 3.8) is 0 Å². The zero-order valence-electron chi connectivity index (χ0n) is 10.2. The maximum atomic E-state index is 3.75. The monoisotopic (exact) mass is 223 g/mol. The molecule has 2 heteroatoms. The third kappa shape index (κ3) is 1.74. The molecule has 1 N–H and O–H groups in total. The summed E-state index contributed by atoms with van der Waals surface area (Å²) in [6.07, 6.45) is 2.57. The number of hydrogen-bond acceptors (Lipinski definition) is 2. The lowest BCUT2D eigenvalue weighted by molar-refractivity contribution is 0.165. The van der Waals surface area contributed by atoms with Gasteiger partial charge in [0.1, 0.15) is 0 Å². The highest BCUT2D eigenvalue weighted by Gasteiger charge is 2.45. The van der Waals surface area contributed by atoms with Crippen LogP contribution in [0.2, 0.25) is 0 Å². The van der Waals surface area contributed by atoms with Gasteiger partial charge in [0, 0.05) is 9.75 Å². The molecule has 1 saturated heterocycles. The van der Waals surface area contributed by atoms with Crippen LogP contribution in [0.25, 0.3) is 0 Å². The zero-order valence-corrected chi connectivity index (χ0v) is 11.0. The first kappa shape index (κ1) is 11.2. The lowest BCUT2D eigenvalue weighted by Crippen LogP contribution is -2.47. The van der Waals surface area contributed by atoms with E-state index < -0.39 is 0 Å². The first-order valence-corrected chi connectivity index (χ1v) is 6.59. The van der Waals surface area contributed by atoms with Crippen molar-refractivity contribution in [1.82, 2.24) is 5.32 Å². The average molecular weight is 223 g/mol. The van der Waals surface area contributed by atoms with Gasteiger partial charge in [-0.05, 0) is 43.9 Å². The smallest absolute Gasteiger partial charge is 0.0578 e. The number of aryl methyl sites for hydroxylation is 1. The molecule has 0 spiro atoms. The Morgan fingerprint density at radius 3 is 2.47 bits per heavy atom. The molecule has 0 radical (unpaired) electrons. The van der Waals surface area contributed by atoms with Crippen LogP contribution in [0.3, 0.4) is 0 Å². The molecule has 0 aliphatic carbocycles. The fourth-order valence-corrected chi connectivity index (χ4v) is 3.90. The van der Waals surface area contributed by atoms with Gasteiger partial charge < -0.3 is 5.32 Å². The van der Waals surface area contributed by atoms with Crippen LogP contribution in [0.5, 0.6) is 0 Å². The summed E-state index contributed by atoms with van der Waals surface area (Å²) < 4.78 is 0. The van der Waals surface area contributed by atoms with E-state index in [4.69, 9.17) is 0 Å². The summed E-state index contributed by atoms with van der Waals surface area (Å²) in [6, 6.07) is 4.55. The topological polar surface area (TPSA) is 12.0 Å². The molecule has 1 atom stereocenters. The van der Waals surface area contributed by atoms with Crippen LogP contribution < -0.4 is 5.32 Å². The molecular formula is C13H21NS. The van der Waals surface area contributed by atoms with E-state index in [-0.39, 0.29) is 5.54 Å². The second-order valence-electron chi connectivity index (χ2n) is 5.60. The van der Waals surface area contributed by atoms with E-state index in [9.17, 15) is 0 Å². The van der Waals surface area contributed by atoms with Gasteiger partial charge in [-0.3, -0.25) is 0 Å². The quantitative estimate of drug-likeness (QED) is 0.766. The predicted octanol–water partition coefficient (Wildman–Crippen LogP) is 3.68. The average Bonchev–Trinajstić information content (AvgIpc) is 2.69. The van der Waals surface area contributed by atoms with Gasteiger partial charge in [-0.1, -0.05) is 20.8 Å². The standard InChI is InChI=1S/C13H21NS/c1-10-6-7-11(15-10)13(12(2,3)4)8-5-9-14-13/h6-7,14H,5,8-9H2,1-4H3. The molecule has 1 nitrogen and oxygen atoms in total. The summed E-state index contributed by atoms with van der Waals surface area (Å²) >= 11 is 1.95. The van der Waals surface area contributed by atoms with E-state index in [1.165, 1.54) is 22.6 Å². The molecule has 84 valence electrons. The SMILES string of the molecule is Cc1ccc(C2(C(C)(C)C)CCCN2)s1. The molecule has 1 aliphatic heterocycles. The van der Waals surface area contributed by atoms with Crippen LogP contribution in [-0.2, 0) is 5.54 Å². The van der Waals surface area contributed by atoms with Crippen LogP contribution in [0, 0.1) is 12.3 Å². The Bertz CT molecular complexity index is 340. The van der Waals surface area contributed by atoms with Crippen molar-refractivity contribution in [2.24, 2.45) is 5.41 Å². The van der Waals surface area contributed by atoms with Crippen molar-refractivity contribution in [1.29, 1.82) is 0 Å². The molecule has 0 saturated carbocycles. The zero-order chi connectivity index (χ0) is 11.1. The van der Waals surface area contributed by atoms with Crippen LogP contribution in [0.4, 0.5) is 0 Å². The maximum Gasteiger partial charge on any atom is 0.0578 e. The summed E-state index contributed by atoms with van der Waals surface area (Å²) in [4.78, 5) is 2.94. The summed E-state index contributed by atoms with van der Waals surface area (Å²) in [5.41, 5.74) is 0.507. The molecule has 15 heavy (non-hydrogen) atoms. The molecule has 1 fully saturated rings. The first-order valence-electron chi connectivity index (χ1n) is 5.78. The Labute approximate surface area is 96.9 Å². The van der Waals surface area contributed by atoms with Crippen molar-refractivity contribution in [3.8, 4) is 0 Å². The Balaban J connectivity index is 2.43. The van der Waals surface area contributed by atoms with Gasteiger partial charge in [0.25, 0.3) is 0 Å². The highest BCUT2D eigenvalue weighted by molar-refractivity contribution is 7.12. The van der Waals surface area contributed by atoms with Crippen molar-refractivity contribution in [3.05, 3.63) is 21.9 Å². The van der Waals surface area contributed by atoms with Gasteiger partial charge in [-0.2, -0.15) is 0 Å². The Morgan fingerprint density at radius 2 is 2.07 bits per heavy atom. The molecular weight excluding hydrogens is 202 g/mol. The lowest BCUT2D eigenvalue weighted by Gasteiger charge is -2.41. The minimum absolute atomic E-state index is 0.214. The highest BCUT2D eigenvalue weighted by atomic mass is 32.1. The lowest BCUT2D eigenvalue weighted by atomic mass is 9.72. The Morgan fingerprint density at radius 1 is 1.33 bits per heavy atom. The summed E-state index contributed by atoms with van der Waals surface area (Å²) in [5, 5.41) is 3.75. The van der Waals surface area contributed by atoms with Gasteiger partial charge in [0.15, 0.2) is 0 Å². The van der Waals surface area contributed by atoms with Crippen LogP contribution >= 0.6 is 11.3 Å². The van der Waals surface area contributed by atoms with Crippen LogP contribution in [0.1, 0.15) is 43.4 Å². The summed E-state index contributed by atoms with van der Waals surface area (Å²) in [6.45, 7) is 10.4. The van der Waals surface area contributed by atoms with Crippen molar-refractivity contribution in [2.75, 3.05) is 6.54 Å². The molecule has 2 rings (SSSR count). The molecule has 1 unspecified atom stereocenters. The second kappa shape index (κ2) is 3.60. The Kier molecular flexibility index (Phi) is 2.68. The van der Waals surface area contributed by atoms with Gasteiger partial charge in [0.05, 0.1) is 5.54 Å². The highest BCUT2D eigenvalue weighted by Crippen LogP contribution is 2.47. The summed E-state index contributed by atoms with van der Waals surface area (Å²) in [7, 11) is 0. The molecule has 0 bridgehead atoms. The first-order chi connectivity index (χ1) is 6.96. The third-order valence-corrected chi connectivity index (χ3v) is 4.76. The third-order valence-electron chi connectivity index (χ3n) is 3.60. The predicted molar refractivity (Wildman–Crippen MR) is 67.4 cm³/mol. The maximum absolute atomic E-state index is 3.75. The van der Waals surface area contributed by atoms with E-state index in [1.54, 1.807) is 0 Å². The van der Waals surface area contributed by atoms with Crippen LogP contribution in [0.15, 0.2) is 12.1 Å². The van der Waals surface area contributed by atoms with E-state index in [0.29, 0.717) is 5.41 Å². The molecule has 0 aromatic carbocycles. The number of rotatable bonds is 1. The normalized spacial score (nSPS) is 27.2. The Hall–Kier alpha value is -0.340. The van der Waals surface area contributed by atoms with Gasteiger partial charge in [-0.25, -0.2) is 0 Å². The number of hydrogen-bond donors (Lipinski definition) is 1. The van der Waals surface area contributed by atoms with E-state index in [0.717, 1.165) is 6.54 Å². The second-order valence-corrected chi connectivity index (χ2v) is 6.88. The fraction of sp³-hybridized carbons (Fsp3) is 0.692. The molecule has 2 heterocycles. The van der Waals surface area contributed by atoms with E-state index >= 15 is 0 Å². The van der Waals surface area contributed by atoms with Crippen molar-refractivity contribution < 1.29 is 0 Å². The van der Waals surface area contributed by atoms with E-state index in [2.05, 4.69) is 45.1 Å². The van der Waals surface area contributed by atoms with Gasteiger partial charge in [-0.15, -0.1) is 11.3 Å². The molecule has 0 amide bonds. The number of nitrogens with one attached hydrogen (secondary N) is 1. The van der Waals surface area contributed by atoms with Crippen molar-refractivity contribution in [2.45, 2.75) is 46.1 Å². The molecule has 1 aromatic heterocycles. The molecule has 1 aliphatic rings. The van der Waals surface area contributed by atoms with Crippen molar-refractivity contribution >= 4 is 11.3 Å². The largest absolute Gasteiger partial charge is 0.306 e. The number of thiophene rings is 1. The fourth-order valence-electron chi connectivity index (χ4n) is 2.63. The minimum atomic E-state index is 0.214. The van der Waals surface area contributed by atoms with Gasteiger partial charge >= 0.3 is 0 Å². The van der Waals surface area contributed by atoms with Crippen LogP contribution in [-0.4, -0.2) is 6.54 Å². The van der Waals surface area contributed by atoms with Gasteiger partial charge in [0.2, 0.25) is 0 Å².